The van der Waals surface area contributed by atoms with Crippen LogP contribution in [0.3, 0.4) is 0 Å². The van der Waals surface area contributed by atoms with Crippen LogP contribution in [-0.4, -0.2) is 47.4 Å². The van der Waals surface area contributed by atoms with Gasteiger partial charge >= 0.3 is 0 Å². The van der Waals surface area contributed by atoms with Gasteiger partial charge in [-0.15, -0.1) is 0 Å². The number of hydrogen-bond acceptors (Lipinski definition) is 2. The average Bonchev–Trinajstić information content (AvgIpc) is 2.87. The molecule has 0 aromatic rings. The molecule has 0 aliphatic carbocycles. The minimum Gasteiger partial charge on any atom is -0.342 e. The van der Waals surface area contributed by atoms with Crippen LogP contribution in [0.1, 0.15) is 40.0 Å². The van der Waals surface area contributed by atoms with E-state index in [1.54, 1.807) is 0 Å². The van der Waals surface area contributed by atoms with Crippen LogP contribution < -0.4 is 0 Å². The number of hydrogen-bond donors (Lipinski definition) is 0. The third kappa shape index (κ3) is 2.40. The van der Waals surface area contributed by atoms with E-state index in [4.69, 9.17) is 0 Å². The first-order valence-electron chi connectivity index (χ1n) is 6.52. The predicted molar refractivity (Wildman–Crippen MR) is 65.2 cm³/mol. The molecule has 92 valence electrons. The van der Waals surface area contributed by atoms with Gasteiger partial charge in [-0.2, -0.15) is 0 Å². The van der Waals surface area contributed by atoms with Crippen LogP contribution >= 0.6 is 0 Å². The van der Waals surface area contributed by atoms with E-state index in [0.29, 0.717) is 5.91 Å². The van der Waals surface area contributed by atoms with Gasteiger partial charge in [-0.3, -0.25) is 9.69 Å². The normalized spacial score (nSPS) is 27.7. The maximum atomic E-state index is 12.2. The molecule has 0 aromatic heterocycles. The summed E-state index contributed by atoms with van der Waals surface area (Å²) in [5.41, 5.74) is 0.208. The first kappa shape index (κ1) is 11.9. The summed E-state index contributed by atoms with van der Waals surface area (Å²) >= 11 is 0. The first-order valence-corrected chi connectivity index (χ1v) is 6.52. The lowest BCUT2D eigenvalue weighted by Gasteiger charge is -2.31. The van der Waals surface area contributed by atoms with Crippen LogP contribution in [-0.2, 0) is 4.79 Å². The summed E-state index contributed by atoms with van der Waals surface area (Å²) in [4.78, 5) is 16.7. The smallest absolute Gasteiger partial charge is 0.227 e. The van der Waals surface area contributed by atoms with Crippen molar-refractivity contribution in [1.29, 1.82) is 0 Å². The Hall–Kier alpha value is -0.570. The summed E-state index contributed by atoms with van der Waals surface area (Å²) in [6.07, 6.45) is 3.44. The van der Waals surface area contributed by atoms with Crippen LogP contribution in [0.5, 0.6) is 0 Å². The van der Waals surface area contributed by atoms with Crippen LogP contribution in [0.15, 0.2) is 0 Å². The van der Waals surface area contributed by atoms with Crippen molar-refractivity contribution in [3.05, 3.63) is 0 Å². The molecule has 2 aliphatic heterocycles. The molecule has 0 aromatic carbocycles. The molecular weight excluding hydrogens is 200 g/mol. The summed E-state index contributed by atoms with van der Waals surface area (Å²) in [6, 6.07) is 0. The van der Waals surface area contributed by atoms with Gasteiger partial charge < -0.3 is 4.90 Å². The van der Waals surface area contributed by atoms with Crippen LogP contribution in [0.2, 0.25) is 0 Å². The molecule has 0 bridgehead atoms. The number of carbonyl (C=O) groups excluding carboxylic acids is 1. The van der Waals surface area contributed by atoms with Crippen molar-refractivity contribution in [3.8, 4) is 0 Å². The van der Waals surface area contributed by atoms with Crippen LogP contribution in [0, 0.1) is 5.92 Å². The van der Waals surface area contributed by atoms with Gasteiger partial charge in [0, 0.05) is 25.2 Å². The molecule has 0 spiro atoms. The minimum absolute atomic E-state index is 0.208. The fraction of sp³-hybridized carbons (Fsp3) is 0.923. The predicted octanol–water partition coefficient (Wildman–Crippen LogP) is 1.73. The maximum Gasteiger partial charge on any atom is 0.227 e. The summed E-state index contributed by atoms with van der Waals surface area (Å²) in [6.45, 7) is 10.7. The highest BCUT2D eigenvalue weighted by Crippen LogP contribution is 2.26. The van der Waals surface area contributed by atoms with Crippen molar-refractivity contribution in [2.45, 2.75) is 45.6 Å². The average molecular weight is 224 g/mol. The van der Waals surface area contributed by atoms with E-state index in [1.165, 1.54) is 12.8 Å². The number of nitrogens with zero attached hydrogens (tertiary/aromatic N) is 2. The van der Waals surface area contributed by atoms with E-state index in [2.05, 4.69) is 30.6 Å². The largest absolute Gasteiger partial charge is 0.342 e. The van der Waals surface area contributed by atoms with Crippen molar-refractivity contribution in [2.75, 3.05) is 26.2 Å². The van der Waals surface area contributed by atoms with Crippen molar-refractivity contribution >= 4 is 5.91 Å². The Morgan fingerprint density at radius 2 is 1.75 bits per heavy atom. The van der Waals surface area contributed by atoms with E-state index in [1.807, 2.05) is 0 Å². The first-order chi connectivity index (χ1) is 7.48. The third-order valence-corrected chi connectivity index (χ3v) is 3.90. The summed E-state index contributed by atoms with van der Waals surface area (Å²) in [5, 5.41) is 0. The minimum atomic E-state index is 0.208. The zero-order valence-electron chi connectivity index (χ0n) is 10.8. The molecule has 2 aliphatic rings. The molecule has 1 atom stereocenters. The fourth-order valence-corrected chi connectivity index (χ4v) is 2.77. The Bertz CT molecular complexity index is 264. The summed E-state index contributed by atoms with van der Waals surface area (Å²) in [7, 11) is 0. The Morgan fingerprint density at radius 3 is 2.25 bits per heavy atom. The summed E-state index contributed by atoms with van der Waals surface area (Å²) < 4.78 is 0. The van der Waals surface area contributed by atoms with Gasteiger partial charge in [-0.1, -0.05) is 0 Å². The lowest BCUT2D eigenvalue weighted by Crippen LogP contribution is -2.41. The molecule has 0 radical (unpaired) electrons. The van der Waals surface area contributed by atoms with Gasteiger partial charge in [0.15, 0.2) is 0 Å². The van der Waals surface area contributed by atoms with E-state index < -0.39 is 0 Å². The quantitative estimate of drug-likeness (QED) is 0.677. The second kappa shape index (κ2) is 4.36. The molecule has 3 nitrogen and oxygen atoms in total. The van der Waals surface area contributed by atoms with E-state index in [0.717, 1.165) is 32.6 Å². The van der Waals surface area contributed by atoms with Gasteiger partial charge in [0.1, 0.15) is 0 Å². The van der Waals surface area contributed by atoms with Crippen molar-refractivity contribution in [2.24, 2.45) is 5.92 Å². The molecule has 0 saturated carbocycles. The van der Waals surface area contributed by atoms with E-state index >= 15 is 0 Å². The molecule has 2 saturated heterocycles. The molecule has 0 unspecified atom stereocenters. The van der Waals surface area contributed by atoms with Crippen LogP contribution in [0.4, 0.5) is 0 Å². The third-order valence-electron chi connectivity index (χ3n) is 3.90. The highest BCUT2D eigenvalue weighted by atomic mass is 16.2. The number of rotatable bonds is 1. The Morgan fingerprint density at radius 1 is 1.12 bits per heavy atom. The van der Waals surface area contributed by atoms with Gasteiger partial charge in [-0.05, 0) is 46.6 Å². The second-order valence-corrected chi connectivity index (χ2v) is 6.13. The molecule has 1 amide bonds. The monoisotopic (exact) mass is 224 g/mol. The maximum absolute atomic E-state index is 12.2. The Labute approximate surface area is 98.8 Å². The standard InChI is InChI=1S/C13H24N2O/c1-13(2,3)15-9-6-11(10-15)12(16)14-7-4-5-8-14/h11H,4-10H2,1-3H3/t11-/m0/s1. The lowest BCUT2D eigenvalue weighted by molar-refractivity contribution is -0.134. The molecular formula is C13H24N2O. The number of carbonyl (C=O) groups is 1. The van der Waals surface area contributed by atoms with Crippen LogP contribution in [0.25, 0.3) is 0 Å². The van der Waals surface area contributed by atoms with Gasteiger partial charge in [0.25, 0.3) is 0 Å². The highest BCUT2D eigenvalue weighted by Gasteiger charge is 2.36. The lowest BCUT2D eigenvalue weighted by atomic mass is 10.1. The van der Waals surface area contributed by atoms with Crippen molar-refractivity contribution < 1.29 is 4.79 Å². The van der Waals surface area contributed by atoms with Gasteiger partial charge in [0.05, 0.1) is 5.92 Å². The SMILES string of the molecule is CC(C)(C)N1CC[C@H](C(=O)N2CCCC2)C1. The number of likely N-dealkylation sites (tertiary alicyclic amines) is 2. The second-order valence-electron chi connectivity index (χ2n) is 6.13. The van der Waals surface area contributed by atoms with E-state index in [-0.39, 0.29) is 11.5 Å². The molecule has 3 heteroatoms. The zero-order valence-corrected chi connectivity index (χ0v) is 10.8. The van der Waals surface area contributed by atoms with Crippen molar-refractivity contribution in [1.82, 2.24) is 9.80 Å². The summed E-state index contributed by atoms with van der Waals surface area (Å²) in [5.74, 6) is 0.668. The zero-order chi connectivity index (χ0) is 11.8. The van der Waals surface area contributed by atoms with Gasteiger partial charge in [0.2, 0.25) is 5.91 Å². The van der Waals surface area contributed by atoms with E-state index in [9.17, 15) is 4.79 Å². The Kier molecular flexibility index (Phi) is 3.24. The van der Waals surface area contributed by atoms with Crippen molar-refractivity contribution in [3.63, 3.8) is 0 Å². The Balaban J connectivity index is 1.90. The highest BCUT2D eigenvalue weighted by molar-refractivity contribution is 5.79. The molecule has 0 N–H and O–H groups in total. The molecule has 2 fully saturated rings. The topological polar surface area (TPSA) is 23.6 Å². The molecule has 2 rings (SSSR count). The number of amides is 1. The molecule has 2 heterocycles. The fourth-order valence-electron chi connectivity index (χ4n) is 2.77. The van der Waals surface area contributed by atoms with Gasteiger partial charge in [-0.25, -0.2) is 0 Å². The molecule has 16 heavy (non-hydrogen) atoms.